The summed E-state index contributed by atoms with van der Waals surface area (Å²) in [6.45, 7) is 9.59. The molecule has 8 aromatic carbocycles. The zero-order chi connectivity index (χ0) is 61.8. The first-order valence-electron chi connectivity index (χ1n) is 26.7. The van der Waals surface area contributed by atoms with Gasteiger partial charge in [0.25, 0.3) is 0 Å². The van der Waals surface area contributed by atoms with Gasteiger partial charge < -0.3 is 48.3 Å². The highest BCUT2D eigenvalue weighted by Crippen LogP contribution is 2.40. The normalized spacial score (nSPS) is 11.0. The number of aryl methyl sites for hydroxylation is 3. The lowest BCUT2D eigenvalue weighted by Gasteiger charge is -2.08. The van der Waals surface area contributed by atoms with E-state index in [1.54, 1.807) is 67.6 Å². The second-order valence-electron chi connectivity index (χ2n) is 19.9. The number of hydrogen-bond acceptors (Lipinski definition) is 14. The lowest BCUT2D eigenvalue weighted by Crippen LogP contribution is -2.05. The molecule has 14 nitrogen and oxygen atoms in total. The van der Waals surface area contributed by atoms with Gasteiger partial charge in [0.2, 0.25) is 0 Å². The van der Waals surface area contributed by atoms with Crippen LogP contribution in [0.3, 0.4) is 0 Å². The molecule has 0 aliphatic carbocycles. The standard InChI is InChI=1S/C18H14Br2O3.C17H12Br2O4.C17H14O4.C16H12O3/c1-9(2)18-15(11-5-3-4-6-14(11)23-18)16(21)10-7-12(19)17(22)13(20)8-10;1-2-13-15(10-7-9(20)3-4-14(10)23-13)16(21)8-5-11(18)17(22)12(19)6-8;1-2-14-16(13-9-12(19)7-8-15(13)21-14)17(20)10-3-5-11(18)6-4-10;1-10-15(13-4-2-3-5-14(13)19-10)16(18)11-6-8-12(17)9-7-11/h3-9,22H,1-2H3;3-7,20,22H,2H2,1H3;3-9,18-19H,2H2,1H3;2-9,17H,1H3. The lowest BCUT2D eigenvalue weighted by atomic mass is 9.96. The third-order valence-corrected chi connectivity index (χ3v) is 16.2. The molecule has 86 heavy (non-hydrogen) atoms. The minimum Gasteiger partial charge on any atom is -0.508 e. The van der Waals surface area contributed by atoms with Gasteiger partial charge in [-0.25, -0.2) is 0 Å². The van der Waals surface area contributed by atoms with Gasteiger partial charge in [-0.2, -0.15) is 0 Å². The molecule has 6 N–H and O–H groups in total. The average molecular weight is 1410 g/mol. The number of furan rings is 4. The lowest BCUT2D eigenvalue weighted by molar-refractivity contribution is 0.102. The SMILES string of the molecule is CC(C)c1oc2ccccc2c1C(=O)c1cc(Br)c(O)c(Br)c1.CCc1oc2ccc(O)cc2c1C(=O)c1cc(Br)c(O)c(Br)c1.CCc1oc2ccc(O)cc2c1C(=O)c1ccc(O)cc1.Cc1oc2ccccc2c1C(=O)c1ccc(O)cc1. The molecular formula is C68H52Br4O14. The molecule has 0 saturated heterocycles. The molecule has 12 rings (SSSR count). The number of phenolic OH excluding ortho intramolecular Hbond substituents is 6. The third-order valence-electron chi connectivity index (χ3n) is 13.8. The van der Waals surface area contributed by atoms with Crippen LogP contribution in [0.25, 0.3) is 43.9 Å². The van der Waals surface area contributed by atoms with E-state index in [0.29, 0.717) is 131 Å². The van der Waals surface area contributed by atoms with Gasteiger partial charge in [0.15, 0.2) is 23.1 Å². The number of rotatable bonds is 11. The largest absolute Gasteiger partial charge is 0.508 e. The Labute approximate surface area is 525 Å². The number of aromatic hydroxyl groups is 6. The number of ketones is 4. The van der Waals surface area contributed by atoms with E-state index in [4.69, 9.17) is 17.7 Å². The van der Waals surface area contributed by atoms with E-state index in [-0.39, 0.29) is 63.5 Å². The van der Waals surface area contributed by atoms with Gasteiger partial charge in [-0.3, -0.25) is 19.2 Å². The molecule has 436 valence electrons. The van der Waals surface area contributed by atoms with Gasteiger partial charge in [-0.1, -0.05) is 64.1 Å². The molecule has 0 radical (unpaired) electrons. The van der Waals surface area contributed by atoms with Crippen molar-refractivity contribution in [3.8, 4) is 34.5 Å². The molecule has 4 heterocycles. The van der Waals surface area contributed by atoms with E-state index in [0.717, 1.165) is 10.8 Å². The van der Waals surface area contributed by atoms with Crippen LogP contribution in [-0.2, 0) is 12.8 Å². The molecule has 0 aliphatic heterocycles. The third kappa shape index (κ3) is 12.9. The van der Waals surface area contributed by atoms with Crippen molar-refractivity contribution in [2.24, 2.45) is 0 Å². The first-order valence-corrected chi connectivity index (χ1v) is 29.9. The summed E-state index contributed by atoms with van der Waals surface area (Å²) in [7, 11) is 0. The maximum absolute atomic E-state index is 13.1. The second kappa shape index (κ2) is 26.3. The topological polar surface area (TPSA) is 242 Å². The van der Waals surface area contributed by atoms with Crippen molar-refractivity contribution in [2.45, 2.75) is 53.4 Å². The van der Waals surface area contributed by atoms with Crippen molar-refractivity contribution in [1.82, 2.24) is 0 Å². The van der Waals surface area contributed by atoms with Crippen LogP contribution in [0.4, 0.5) is 0 Å². The van der Waals surface area contributed by atoms with Gasteiger partial charge in [0, 0.05) is 62.6 Å². The quantitative estimate of drug-likeness (QED) is 0.0660. The Morgan fingerprint density at radius 2 is 0.721 bits per heavy atom. The Balaban J connectivity index is 0.000000137. The molecule has 0 amide bonds. The first kappa shape index (κ1) is 61.9. The number of para-hydroxylation sites is 2. The van der Waals surface area contributed by atoms with Crippen LogP contribution in [0, 0.1) is 6.92 Å². The van der Waals surface area contributed by atoms with E-state index in [1.807, 2.05) is 76.2 Å². The number of hydrogen-bond donors (Lipinski definition) is 6. The van der Waals surface area contributed by atoms with Crippen molar-refractivity contribution >= 4 is 131 Å². The predicted molar refractivity (Wildman–Crippen MR) is 343 cm³/mol. The monoisotopic (exact) mass is 1410 g/mol. The van der Waals surface area contributed by atoms with Crippen LogP contribution in [0.5, 0.6) is 34.5 Å². The van der Waals surface area contributed by atoms with Crippen LogP contribution in [-0.4, -0.2) is 53.8 Å². The molecule has 0 unspecified atom stereocenters. The molecule has 12 aromatic rings. The first-order chi connectivity index (χ1) is 41.1. The zero-order valence-electron chi connectivity index (χ0n) is 46.5. The maximum Gasteiger partial charge on any atom is 0.197 e. The molecule has 0 spiro atoms. The minimum absolute atomic E-state index is 0.0342. The summed E-state index contributed by atoms with van der Waals surface area (Å²) >= 11 is 13.0. The summed E-state index contributed by atoms with van der Waals surface area (Å²) in [5.41, 5.74) is 6.50. The molecule has 0 saturated carbocycles. The number of phenols is 6. The van der Waals surface area contributed by atoms with E-state index in [1.165, 1.54) is 48.5 Å². The number of fused-ring (bicyclic) bond motifs is 4. The maximum atomic E-state index is 13.1. The van der Waals surface area contributed by atoms with Crippen molar-refractivity contribution in [3.05, 3.63) is 243 Å². The van der Waals surface area contributed by atoms with E-state index >= 15 is 0 Å². The highest BCUT2D eigenvalue weighted by atomic mass is 79.9. The summed E-state index contributed by atoms with van der Waals surface area (Å²) in [5.74, 6) is 2.42. The smallest absolute Gasteiger partial charge is 0.197 e. The molecule has 0 fully saturated rings. The Kier molecular flexibility index (Phi) is 18.9. The highest BCUT2D eigenvalue weighted by Gasteiger charge is 2.27. The zero-order valence-corrected chi connectivity index (χ0v) is 52.8. The highest BCUT2D eigenvalue weighted by molar-refractivity contribution is 9.11. The summed E-state index contributed by atoms with van der Waals surface area (Å²) in [4.78, 5) is 51.3. The summed E-state index contributed by atoms with van der Waals surface area (Å²) < 4.78 is 24.7. The van der Waals surface area contributed by atoms with Gasteiger partial charge in [0.05, 0.1) is 40.1 Å². The molecule has 0 bridgehead atoms. The predicted octanol–water partition coefficient (Wildman–Crippen LogP) is 18.5. The van der Waals surface area contributed by atoms with Gasteiger partial charge in [-0.15, -0.1) is 0 Å². The van der Waals surface area contributed by atoms with Gasteiger partial charge in [0.1, 0.15) is 79.9 Å². The van der Waals surface area contributed by atoms with Crippen LogP contribution in [0.1, 0.15) is 120 Å². The number of carbonyl (C=O) groups excluding carboxylic acids is 4. The second-order valence-corrected chi connectivity index (χ2v) is 23.3. The molecule has 0 aliphatic rings. The van der Waals surface area contributed by atoms with Gasteiger partial charge in [-0.05, 0) is 192 Å². The van der Waals surface area contributed by atoms with Gasteiger partial charge >= 0.3 is 0 Å². The fraction of sp³-hybridized carbons (Fsp3) is 0.118. The molecule has 4 aromatic heterocycles. The number of benzene rings is 8. The Morgan fingerprint density at radius 1 is 0.384 bits per heavy atom. The fourth-order valence-corrected chi connectivity index (χ4v) is 12.0. The van der Waals surface area contributed by atoms with E-state index < -0.39 is 0 Å². The van der Waals surface area contributed by atoms with Crippen LogP contribution in [0.15, 0.2) is 193 Å². The van der Waals surface area contributed by atoms with E-state index in [2.05, 4.69) is 63.7 Å². The van der Waals surface area contributed by atoms with Crippen LogP contribution < -0.4 is 0 Å². The van der Waals surface area contributed by atoms with Crippen LogP contribution >= 0.6 is 63.7 Å². The Hall–Kier alpha value is -8.68. The fourth-order valence-electron chi connectivity index (χ4n) is 9.62. The number of carbonyl (C=O) groups is 4. The number of halogens is 4. The van der Waals surface area contributed by atoms with Crippen molar-refractivity contribution < 1.29 is 67.5 Å². The average Bonchev–Trinajstić information content (AvgIpc) is 2.01. The summed E-state index contributed by atoms with van der Waals surface area (Å²) in [6, 6.07) is 43.1. The Morgan fingerprint density at radius 3 is 1.13 bits per heavy atom. The van der Waals surface area contributed by atoms with Crippen LogP contribution in [0.2, 0.25) is 0 Å². The summed E-state index contributed by atoms with van der Waals surface area (Å²) in [5, 5.41) is 60.4. The minimum atomic E-state index is -0.229. The molecular weight excluding hydrogens is 1360 g/mol. The van der Waals surface area contributed by atoms with Crippen molar-refractivity contribution in [1.29, 1.82) is 0 Å². The molecule has 18 heteroatoms. The molecule has 0 atom stereocenters. The summed E-state index contributed by atoms with van der Waals surface area (Å²) in [6.07, 6.45) is 1.13. The van der Waals surface area contributed by atoms with E-state index in [9.17, 15) is 49.8 Å². The van der Waals surface area contributed by atoms with Crippen molar-refractivity contribution in [2.75, 3.05) is 0 Å². The Bertz CT molecular complexity index is 4520. The van der Waals surface area contributed by atoms with Crippen molar-refractivity contribution in [3.63, 3.8) is 0 Å².